The molecule has 0 unspecified atom stereocenters. The fourth-order valence-corrected chi connectivity index (χ4v) is 2.21. The molecule has 0 amide bonds. The molecular formula is C17H21Cl4NO3. The molecule has 0 aliphatic heterocycles. The van der Waals surface area contributed by atoms with Gasteiger partial charge in [-0.1, -0.05) is 72.3 Å². The Morgan fingerprint density at radius 3 is 2.28 bits per heavy atom. The Morgan fingerprint density at radius 1 is 1.08 bits per heavy atom. The largest absolute Gasteiger partial charge is 0.490 e. The van der Waals surface area contributed by atoms with E-state index in [-0.39, 0.29) is 16.5 Å². The molecule has 25 heavy (non-hydrogen) atoms. The summed E-state index contributed by atoms with van der Waals surface area (Å²) in [5, 5.41) is 4.62. The van der Waals surface area contributed by atoms with Gasteiger partial charge < -0.3 is 14.3 Å². The summed E-state index contributed by atoms with van der Waals surface area (Å²) in [5.41, 5.74) is -0.00768. The number of hydrogen-bond acceptors (Lipinski definition) is 4. The predicted molar refractivity (Wildman–Crippen MR) is 106 cm³/mol. The molecule has 1 aromatic carbocycles. The van der Waals surface area contributed by atoms with Gasteiger partial charge in [0.15, 0.2) is 5.75 Å². The zero-order valence-electron chi connectivity index (χ0n) is 14.3. The highest BCUT2D eigenvalue weighted by Crippen LogP contribution is 2.37. The topological polar surface area (TPSA) is 40.0 Å². The molecular weight excluding hydrogens is 408 g/mol. The first-order valence-electron chi connectivity index (χ1n) is 7.61. The van der Waals surface area contributed by atoms with Crippen LogP contribution in [0, 0.1) is 5.41 Å². The third-order valence-corrected chi connectivity index (χ3v) is 3.47. The van der Waals surface area contributed by atoms with E-state index in [2.05, 4.69) is 5.16 Å². The van der Waals surface area contributed by atoms with Gasteiger partial charge >= 0.3 is 0 Å². The van der Waals surface area contributed by atoms with E-state index in [4.69, 9.17) is 60.7 Å². The predicted octanol–water partition coefficient (Wildman–Crippen LogP) is 6.51. The minimum atomic E-state index is -0.00768. The second kappa shape index (κ2) is 11.0. The van der Waals surface area contributed by atoms with Gasteiger partial charge in [-0.25, -0.2) is 0 Å². The van der Waals surface area contributed by atoms with E-state index in [1.165, 1.54) is 6.08 Å². The molecule has 4 nitrogen and oxygen atoms in total. The van der Waals surface area contributed by atoms with Crippen LogP contribution in [0.2, 0.25) is 10.0 Å². The minimum absolute atomic E-state index is 0.00768. The molecule has 0 aliphatic carbocycles. The first-order chi connectivity index (χ1) is 11.7. The summed E-state index contributed by atoms with van der Waals surface area (Å²) in [6, 6.07) is 3.23. The molecule has 0 aliphatic rings. The number of nitrogens with zero attached hydrogens (tertiary/aromatic N) is 1. The van der Waals surface area contributed by atoms with Crippen molar-refractivity contribution in [3.63, 3.8) is 0 Å². The number of rotatable bonds is 9. The fourth-order valence-electron chi connectivity index (χ4n) is 1.50. The third kappa shape index (κ3) is 10.0. The van der Waals surface area contributed by atoms with Crippen LogP contribution >= 0.6 is 46.4 Å². The summed E-state index contributed by atoms with van der Waals surface area (Å²) in [5.74, 6) is 0.896. The molecule has 8 heteroatoms. The van der Waals surface area contributed by atoms with Gasteiger partial charge in [-0.05, 0) is 6.08 Å². The Morgan fingerprint density at radius 2 is 1.72 bits per heavy atom. The van der Waals surface area contributed by atoms with E-state index in [1.807, 2.05) is 20.8 Å². The first-order valence-corrected chi connectivity index (χ1v) is 9.12. The standard InChI is InChI=1S/C17H21Cl4NO3/c1-17(2,3)11-22-25-7-4-6-24-16-13(18)9-12(10-14(16)19)23-8-5-15(20)21/h5,9-11H,4,6-8H2,1-3H3. The van der Waals surface area contributed by atoms with Crippen molar-refractivity contribution in [2.24, 2.45) is 10.6 Å². The molecule has 0 radical (unpaired) electrons. The Kier molecular flexibility index (Phi) is 9.80. The van der Waals surface area contributed by atoms with Crippen LogP contribution in [-0.2, 0) is 4.84 Å². The Labute approximate surface area is 168 Å². The number of halogens is 4. The van der Waals surface area contributed by atoms with Crippen molar-refractivity contribution in [2.45, 2.75) is 27.2 Å². The van der Waals surface area contributed by atoms with Crippen LogP contribution < -0.4 is 9.47 Å². The summed E-state index contributed by atoms with van der Waals surface area (Å²) in [7, 11) is 0. The van der Waals surface area contributed by atoms with Crippen LogP contribution in [0.4, 0.5) is 0 Å². The van der Waals surface area contributed by atoms with Gasteiger partial charge in [-0.3, -0.25) is 0 Å². The number of oxime groups is 1. The maximum atomic E-state index is 6.18. The van der Waals surface area contributed by atoms with Gasteiger partial charge in [-0.15, -0.1) is 0 Å². The molecule has 1 aromatic rings. The highest BCUT2D eigenvalue weighted by Gasteiger charge is 2.11. The molecule has 0 atom stereocenters. The number of hydrogen-bond donors (Lipinski definition) is 0. The smallest absolute Gasteiger partial charge is 0.156 e. The van der Waals surface area contributed by atoms with Gasteiger partial charge in [0.25, 0.3) is 0 Å². The molecule has 0 saturated carbocycles. The highest BCUT2D eigenvalue weighted by atomic mass is 35.5. The highest BCUT2D eigenvalue weighted by molar-refractivity contribution is 6.55. The quantitative estimate of drug-likeness (QED) is 0.255. The lowest BCUT2D eigenvalue weighted by atomic mass is 10.00. The van der Waals surface area contributed by atoms with E-state index in [9.17, 15) is 0 Å². The average molecular weight is 429 g/mol. The lowest BCUT2D eigenvalue weighted by molar-refractivity contribution is 0.127. The van der Waals surface area contributed by atoms with Crippen LogP contribution in [0.3, 0.4) is 0 Å². The monoisotopic (exact) mass is 427 g/mol. The van der Waals surface area contributed by atoms with Gasteiger partial charge in [0, 0.05) is 30.2 Å². The molecule has 0 heterocycles. The molecule has 0 spiro atoms. The van der Waals surface area contributed by atoms with Gasteiger partial charge in [-0.2, -0.15) is 0 Å². The van der Waals surface area contributed by atoms with Crippen molar-refractivity contribution >= 4 is 52.6 Å². The lowest BCUT2D eigenvalue weighted by Gasteiger charge is -2.12. The van der Waals surface area contributed by atoms with Crippen molar-refractivity contribution in [2.75, 3.05) is 19.8 Å². The van der Waals surface area contributed by atoms with E-state index in [0.717, 1.165) is 0 Å². The van der Waals surface area contributed by atoms with Crippen molar-refractivity contribution < 1.29 is 14.3 Å². The van der Waals surface area contributed by atoms with Crippen LogP contribution in [0.1, 0.15) is 27.2 Å². The SMILES string of the molecule is CC(C)(C)C=NOCCCOc1c(Cl)cc(OCC=C(Cl)Cl)cc1Cl. The van der Waals surface area contributed by atoms with Crippen LogP contribution in [0.25, 0.3) is 0 Å². The Hall–Kier alpha value is -0.810. The van der Waals surface area contributed by atoms with Crippen molar-refractivity contribution in [3.8, 4) is 11.5 Å². The molecule has 0 fully saturated rings. The molecule has 140 valence electrons. The van der Waals surface area contributed by atoms with E-state index >= 15 is 0 Å². The van der Waals surface area contributed by atoms with Crippen molar-refractivity contribution in [3.05, 3.63) is 32.7 Å². The minimum Gasteiger partial charge on any atom is -0.490 e. The normalized spacial score (nSPS) is 11.5. The molecule has 0 aromatic heterocycles. The fraction of sp³-hybridized carbons (Fsp3) is 0.471. The van der Waals surface area contributed by atoms with Gasteiger partial charge in [0.1, 0.15) is 23.5 Å². The van der Waals surface area contributed by atoms with Crippen LogP contribution in [0.15, 0.2) is 27.9 Å². The van der Waals surface area contributed by atoms with E-state index in [1.54, 1.807) is 18.3 Å². The Balaban J connectivity index is 2.43. The summed E-state index contributed by atoms with van der Waals surface area (Å²) in [6.07, 6.45) is 3.91. The number of benzene rings is 1. The average Bonchev–Trinajstić information content (AvgIpc) is 2.47. The van der Waals surface area contributed by atoms with Crippen molar-refractivity contribution in [1.82, 2.24) is 0 Å². The van der Waals surface area contributed by atoms with Crippen LogP contribution in [-0.4, -0.2) is 26.0 Å². The third-order valence-electron chi connectivity index (χ3n) is 2.60. The van der Waals surface area contributed by atoms with Gasteiger partial charge in [0.2, 0.25) is 0 Å². The summed E-state index contributed by atoms with van der Waals surface area (Å²) < 4.78 is 11.2. The Bertz CT molecular complexity index is 585. The lowest BCUT2D eigenvalue weighted by Crippen LogP contribution is -2.07. The second-order valence-electron chi connectivity index (χ2n) is 6.16. The second-order valence-corrected chi connectivity index (χ2v) is 7.98. The molecule has 0 N–H and O–H groups in total. The molecule has 0 saturated heterocycles. The van der Waals surface area contributed by atoms with Gasteiger partial charge in [0.05, 0.1) is 16.7 Å². The summed E-state index contributed by atoms with van der Waals surface area (Å²) in [6.45, 7) is 7.17. The van der Waals surface area contributed by atoms with Crippen molar-refractivity contribution in [1.29, 1.82) is 0 Å². The first kappa shape index (κ1) is 22.2. The molecule has 1 rings (SSSR count). The van der Waals surface area contributed by atoms with E-state index in [0.29, 0.717) is 41.2 Å². The van der Waals surface area contributed by atoms with Crippen LogP contribution in [0.5, 0.6) is 11.5 Å². The summed E-state index contributed by atoms with van der Waals surface area (Å²) in [4.78, 5) is 5.17. The maximum Gasteiger partial charge on any atom is 0.156 e. The van der Waals surface area contributed by atoms with E-state index < -0.39 is 0 Å². The molecule has 0 bridgehead atoms. The summed E-state index contributed by atoms with van der Waals surface area (Å²) >= 11 is 23.4. The maximum absolute atomic E-state index is 6.18. The zero-order chi connectivity index (χ0) is 18.9. The number of ether oxygens (including phenoxy) is 2. The zero-order valence-corrected chi connectivity index (χ0v) is 17.3.